The highest BCUT2D eigenvalue weighted by atomic mass is 16.5. The summed E-state index contributed by atoms with van der Waals surface area (Å²) in [5.74, 6) is 1.57. The summed E-state index contributed by atoms with van der Waals surface area (Å²) < 4.78 is 11.2. The van der Waals surface area contributed by atoms with Crippen LogP contribution in [0.4, 0.5) is 5.69 Å². The topological polar surface area (TPSA) is 73.0 Å². The highest BCUT2D eigenvalue weighted by Crippen LogP contribution is 2.61. The molecule has 6 aromatic carbocycles. The van der Waals surface area contributed by atoms with Crippen molar-refractivity contribution in [1.82, 2.24) is 19.1 Å². The lowest BCUT2D eigenvalue weighted by atomic mass is 9.66. The molecule has 4 aromatic heterocycles. The third-order valence-electron chi connectivity index (χ3n) is 11.7. The van der Waals surface area contributed by atoms with Gasteiger partial charge in [0, 0.05) is 38.4 Å². The van der Waals surface area contributed by atoms with Crippen LogP contribution < -0.4 is 4.74 Å². The van der Waals surface area contributed by atoms with Crippen molar-refractivity contribution in [3.05, 3.63) is 197 Å². The van der Waals surface area contributed by atoms with Gasteiger partial charge in [-0.25, -0.2) is 4.85 Å². The third kappa shape index (κ3) is 3.83. The molecule has 1 spiro atoms. The van der Waals surface area contributed by atoms with Crippen LogP contribution in [-0.4, -0.2) is 19.1 Å². The van der Waals surface area contributed by atoms with Gasteiger partial charge in [0.1, 0.15) is 11.5 Å². The molecular formula is C49H26N6O. The van der Waals surface area contributed by atoms with Crippen molar-refractivity contribution in [2.24, 2.45) is 0 Å². The van der Waals surface area contributed by atoms with E-state index < -0.39 is 5.41 Å². The Kier molecular flexibility index (Phi) is 5.99. The SMILES string of the molecule is [C-]#[N+]c1ccc2c(c1)c1ccccc1n2-c1cnc2c(c1)C1(c3ccccc3Oc3ccccc31)c1cc(-n3c4ccccc4c4cc(C#N)ccc43)cnc1-2. The molecule has 0 saturated heterocycles. The van der Waals surface area contributed by atoms with Crippen LogP contribution in [0.2, 0.25) is 0 Å². The maximum Gasteiger partial charge on any atom is 0.188 e. The van der Waals surface area contributed by atoms with Gasteiger partial charge in [0.15, 0.2) is 5.69 Å². The number of rotatable bonds is 2. The van der Waals surface area contributed by atoms with Crippen LogP contribution in [0, 0.1) is 17.9 Å². The van der Waals surface area contributed by atoms with E-state index in [1.54, 1.807) is 0 Å². The second-order valence-corrected chi connectivity index (χ2v) is 14.4. The van der Waals surface area contributed by atoms with Gasteiger partial charge in [-0.05, 0) is 72.1 Å². The molecule has 2 aliphatic rings. The highest BCUT2D eigenvalue weighted by Gasteiger charge is 2.53. The number of nitrogens with zero attached hydrogens (tertiary/aromatic N) is 6. The largest absolute Gasteiger partial charge is 0.457 e. The predicted molar refractivity (Wildman–Crippen MR) is 219 cm³/mol. The van der Waals surface area contributed by atoms with Gasteiger partial charge in [-0.3, -0.25) is 9.97 Å². The summed E-state index contributed by atoms with van der Waals surface area (Å²) in [4.78, 5) is 14.3. The Labute approximate surface area is 320 Å². The number of nitriles is 1. The Morgan fingerprint density at radius 3 is 1.61 bits per heavy atom. The quantitative estimate of drug-likeness (QED) is 0.167. The van der Waals surface area contributed by atoms with Gasteiger partial charge in [-0.15, -0.1) is 0 Å². The van der Waals surface area contributed by atoms with E-state index in [1.807, 2.05) is 85.2 Å². The second-order valence-electron chi connectivity index (χ2n) is 14.4. The zero-order valence-electron chi connectivity index (χ0n) is 29.6. The van der Waals surface area contributed by atoms with Gasteiger partial charge < -0.3 is 13.9 Å². The van der Waals surface area contributed by atoms with E-state index in [0.29, 0.717) is 11.3 Å². The van der Waals surface area contributed by atoms with Gasteiger partial charge in [-0.2, -0.15) is 5.26 Å². The zero-order valence-corrected chi connectivity index (χ0v) is 29.6. The molecule has 56 heavy (non-hydrogen) atoms. The number of pyridine rings is 2. The molecule has 10 aromatic rings. The van der Waals surface area contributed by atoms with Gasteiger partial charge >= 0.3 is 0 Å². The van der Waals surface area contributed by atoms with E-state index in [4.69, 9.17) is 21.3 Å². The lowest BCUT2D eigenvalue weighted by Gasteiger charge is -2.39. The van der Waals surface area contributed by atoms with E-state index in [2.05, 4.69) is 92.8 Å². The van der Waals surface area contributed by atoms with Crippen molar-refractivity contribution in [3.63, 3.8) is 0 Å². The molecule has 7 nitrogen and oxygen atoms in total. The van der Waals surface area contributed by atoms with E-state index >= 15 is 0 Å². The van der Waals surface area contributed by atoms with Crippen molar-refractivity contribution in [2.45, 2.75) is 5.41 Å². The number of para-hydroxylation sites is 4. The zero-order chi connectivity index (χ0) is 37.1. The van der Waals surface area contributed by atoms with Crippen LogP contribution in [0.1, 0.15) is 27.8 Å². The summed E-state index contributed by atoms with van der Waals surface area (Å²) in [5.41, 5.74) is 12.0. The monoisotopic (exact) mass is 714 g/mol. The highest BCUT2D eigenvalue weighted by molar-refractivity contribution is 6.11. The number of aromatic nitrogens is 4. The Morgan fingerprint density at radius 1 is 0.536 bits per heavy atom. The van der Waals surface area contributed by atoms with Crippen LogP contribution in [0.25, 0.3) is 71.2 Å². The van der Waals surface area contributed by atoms with Crippen LogP contribution >= 0.6 is 0 Å². The molecule has 1 aliphatic carbocycles. The molecule has 0 saturated carbocycles. The lowest BCUT2D eigenvalue weighted by Crippen LogP contribution is -2.32. The molecule has 0 N–H and O–H groups in total. The maximum atomic E-state index is 9.80. The molecular weight excluding hydrogens is 689 g/mol. The number of ether oxygens (including phenoxy) is 1. The minimum Gasteiger partial charge on any atom is -0.457 e. The minimum absolute atomic E-state index is 0.605. The normalized spacial score (nSPS) is 13.2. The van der Waals surface area contributed by atoms with E-state index in [1.165, 1.54) is 0 Å². The van der Waals surface area contributed by atoms with Gasteiger partial charge in [0.05, 0.1) is 80.8 Å². The molecule has 0 bridgehead atoms. The van der Waals surface area contributed by atoms with Crippen LogP contribution in [0.5, 0.6) is 11.5 Å². The Bertz CT molecular complexity index is 3220. The van der Waals surface area contributed by atoms with Crippen LogP contribution in [-0.2, 0) is 5.41 Å². The Morgan fingerprint density at radius 2 is 1.04 bits per heavy atom. The fourth-order valence-corrected chi connectivity index (χ4v) is 9.45. The lowest BCUT2D eigenvalue weighted by molar-refractivity contribution is 0.436. The summed E-state index contributed by atoms with van der Waals surface area (Å²) in [6, 6.07) is 51.9. The number of fused-ring (bicyclic) bond motifs is 15. The maximum absolute atomic E-state index is 9.80. The molecule has 258 valence electrons. The summed E-state index contributed by atoms with van der Waals surface area (Å²) in [7, 11) is 0. The molecule has 5 heterocycles. The number of hydrogen-bond acceptors (Lipinski definition) is 4. The number of hydrogen-bond donors (Lipinski definition) is 0. The van der Waals surface area contributed by atoms with Crippen molar-refractivity contribution >= 4 is 49.3 Å². The van der Waals surface area contributed by atoms with Gasteiger partial charge in [0.25, 0.3) is 0 Å². The molecule has 1 aliphatic heterocycles. The molecule has 0 atom stereocenters. The van der Waals surface area contributed by atoms with Crippen LogP contribution in [0.15, 0.2) is 158 Å². The Balaban J connectivity index is 1.19. The fraction of sp³-hybridized carbons (Fsp3) is 0.0204. The first-order valence-corrected chi connectivity index (χ1v) is 18.4. The van der Waals surface area contributed by atoms with E-state index in [9.17, 15) is 5.26 Å². The summed E-state index contributed by atoms with van der Waals surface area (Å²) in [6.45, 7) is 7.71. The first-order valence-electron chi connectivity index (χ1n) is 18.4. The predicted octanol–water partition coefficient (Wildman–Crippen LogP) is 11.6. The number of benzene rings is 6. The first kappa shape index (κ1) is 30.5. The second kappa shape index (κ2) is 11.0. The molecule has 0 radical (unpaired) electrons. The summed E-state index contributed by atoms with van der Waals surface area (Å²) in [5, 5.41) is 14.0. The summed E-state index contributed by atoms with van der Waals surface area (Å²) >= 11 is 0. The smallest absolute Gasteiger partial charge is 0.188 e. The minimum atomic E-state index is -0.828. The van der Waals surface area contributed by atoms with E-state index in [-0.39, 0.29) is 0 Å². The third-order valence-corrected chi connectivity index (χ3v) is 11.7. The average Bonchev–Trinajstić information content (AvgIpc) is 3.87. The van der Waals surface area contributed by atoms with Crippen molar-refractivity contribution in [1.29, 1.82) is 5.26 Å². The Hall–Kier alpha value is -8.00. The van der Waals surface area contributed by atoms with Crippen LogP contribution in [0.3, 0.4) is 0 Å². The van der Waals surface area contributed by atoms with Crippen molar-refractivity contribution in [2.75, 3.05) is 0 Å². The van der Waals surface area contributed by atoms with Gasteiger partial charge in [-0.1, -0.05) is 78.9 Å². The standard InChI is InChI=1S/C49H26N6O/c1-51-30-19-21-44-36(23-30)34-11-3-7-15-42(34)55(44)32-25-40-48(53-28-32)47-39(49(40)37-12-4-8-16-45(37)56-46-17-9-5-13-38(46)49)24-31(27-52-47)54-41-14-6-2-10-33(41)35-22-29(26-50)18-20-43(35)54/h2-25,27-28H. The van der Waals surface area contributed by atoms with E-state index in [0.717, 1.165) is 100 Å². The first-order chi connectivity index (χ1) is 27.7. The molecule has 0 unspecified atom stereocenters. The molecule has 0 amide bonds. The fourth-order valence-electron chi connectivity index (χ4n) is 9.45. The van der Waals surface area contributed by atoms with Gasteiger partial charge in [0.2, 0.25) is 0 Å². The molecule has 0 fully saturated rings. The average molecular weight is 715 g/mol. The van der Waals surface area contributed by atoms with Crippen molar-refractivity contribution in [3.8, 4) is 40.3 Å². The summed E-state index contributed by atoms with van der Waals surface area (Å²) in [6.07, 6.45) is 3.89. The molecule has 12 rings (SSSR count). The molecule has 7 heteroatoms. The van der Waals surface area contributed by atoms with Crippen molar-refractivity contribution < 1.29 is 4.74 Å².